The van der Waals surface area contributed by atoms with Crippen LogP contribution in [0.1, 0.15) is 20.8 Å². The summed E-state index contributed by atoms with van der Waals surface area (Å²) in [5.41, 5.74) is 4.21. The van der Waals surface area contributed by atoms with Gasteiger partial charge in [0.25, 0.3) is 0 Å². The molecule has 2 aromatic carbocycles. The summed E-state index contributed by atoms with van der Waals surface area (Å²) in [6.45, 7) is 2.49. The van der Waals surface area contributed by atoms with E-state index < -0.39 is 0 Å². The van der Waals surface area contributed by atoms with Crippen molar-refractivity contribution in [3.63, 3.8) is 0 Å². The molecule has 4 aromatic rings. The molecule has 5 heteroatoms. The largest absolute Gasteiger partial charge is 0.487 e. The van der Waals surface area contributed by atoms with Crippen LogP contribution in [-0.2, 0) is 6.61 Å². The van der Waals surface area contributed by atoms with Crippen LogP contribution >= 0.6 is 11.3 Å². The van der Waals surface area contributed by atoms with Gasteiger partial charge in [-0.1, -0.05) is 36.4 Å². The van der Waals surface area contributed by atoms with Crippen molar-refractivity contribution in [2.75, 3.05) is 0 Å². The first kappa shape index (κ1) is 15.6. The maximum Gasteiger partial charge on any atom is 0.163 e. The molecule has 124 valence electrons. The van der Waals surface area contributed by atoms with Gasteiger partial charge in [0.15, 0.2) is 6.29 Å². The molecule has 25 heavy (non-hydrogen) atoms. The SMILES string of the molecule is Cc1ccccc1COc1cc(-n2cnc3ccccc32)sc1C=O. The monoisotopic (exact) mass is 348 g/mol. The molecule has 0 fully saturated rings. The van der Waals surface area contributed by atoms with Crippen molar-refractivity contribution >= 4 is 28.7 Å². The van der Waals surface area contributed by atoms with Crippen LogP contribution in [0.15, 0.2) is 60.9 Å². The van der Waals surface area contributed by atoms with Crippen molar-refractivity contribution in [1.29, 1.82) is 0 Å². The minimum absolute atomic E-state index is 0.439. The number of carbonyl (C=O) groups excluding carboxylic acids is 1. The number of aromatic nitrogens is 2. The van der Waals surface area contributed by atoms with E-state index in [2.05, 4.69) is 18.0 Å². The minimum Gasteiger partial charge on any atom is -0.487 e. The number of aldehydes is 1. The van der Waals surface area contributed by atoms with E-state index in [-0.39, 0.29) is 0 Å². The van der Waals surface area contributed by atoms with E-state index >= 15 is 0 Å². The van der Waals surface area contributed by atoms with E-state index in [4.69, 9.17) is 4.74 Å². The number of rotatable bonds is 5. The summed E-state index contributed by atoms with van der Waals surface area (Å²) in [6, 6.07) is 17.9. The standard InChI is InChI=1S/C20H16N2O2S/c1-14-6-2-3-7-15(14)12-24-18-10-20(25-19(18)11-23)22-13-21-16-8-4-5-9-17(16)22/h2-11,13H,12H2,1H3. The Morgan fingerprint density at radius 2 is 1.96 bits per heavy atom. The molecule has 0 N–H and O–H groups in total. The van der Waals surface area contributed by atoms with E-state index in [1.165, 1.54) is 16.9 Å². The second kappa shape index (κ2) is 6.53. The lowest BCUT2D eigenvalue weighted by atomic mass is 10.1. The molecule has 0 radical (unpaired) electrons. The van der Waals surface area contributed by atoms with Crippen LogP contribution in [0.5, 0.6) is 5.75 Å². The van der Waals surface area contributed by atoms with Gasteiger partial charge in [-0.05, 0) is 30.2 Å². The van der Waals surface area contributed by atoms with Crippen LogP contribution in [0.3, 0.4) is 0 Å². The Morgan fingerprint density at radius 3 is 2.80 bits per heavy atom. The molecular formula is C20H16N2O2S. The molecule has 2 aromatic heterocycles. The quantitative estimate of drug-likeness (QED) is 0.487. The average molecular weight is 348 g/mol. The van der Waals surface area contributed by atoms with Crippen molar-refractivity contribution in [2.45, 2.75) is 13.5 Å². The van der Waals surface area contributed by atoms with Gasteiger partial charge in [0.1, 0.15) is 28.6 Å². The highest BCUT2D eigenvalue weighted by Gasteiger charge is 2.13. The number of carbonyl (C=O) groups is 1. The van der Waals surface area contributed by atoms with Crippen LogP contribution in [-0.4, -0.2) is 15.8 Å². The average Bonchev–Trinajstić information content (AvgIpc) is 3.24. The Labute approximate surface area is 149 Å². The van der Waals surface area contributed by atoms with E-state index in [1.54, 1.807) is 6.33 Å². The Kier molecular flexibility index (Phi) is 4.07. The summed E-state index contributed by atoms with van der Waals surface area (Å²) in [7, 11) is 0. The molecule has 0 aliphatic rings. The highest BCUT2D eigenvalue weighted by Crippen LogP contribution is 2.33. The third-order valence-corrected chi connectivity index (χ3v) is 5.20. The number of benzene rings is 2. The van der Waals surface area contributed by atoms with Crippen molar-refractivity contribution in [2.24, 2.45) is 0 Å². The normalized spacial score (nSPS) is 10.9. The van der Waals surface area contributed by atoms with Gasteiger partial charge in [0, 0.05) is 6.07 Å². The van der Waals surface area contributed by atoms with Crippen LogP contribution < -0.4 is 4.74 Å². The summed E-state index contributed by atoms with van der Waals surface area (Å²) in [4.78, 5) is 16.4. The Bertz CT molecular complexity index is 1050. The van der Waals surface area contributed by atoms with Gasteiger partial charge >= 0.3 is 0 Å². The number of ether oxygens (including phenoxy) is 1. The summed E-state index contributed by atoms with van der Waals surface area (Å²) in [5.74, 6) is 0.607. The lowest BCUT2D eigenvalue weighted by molar-refractivity contribution is 0.112. The first-order chi connectivity index (χ1) is 12.3. The molecular weight excluding hydrogens is 332 g/mol. The zero-order valence-corrected chi connectivity index (χ0v) is 14.5. The molecule has 2 heterocycles. The lowest BCUT2D eigenvalue weighted by Gasteiger charge is -2.07. The van der Waals surface area contributed by atoms with E-state index in [0.29, 0.717) is 17.2 Å². The topological polar surface area (TPSA) is 44.1 Å². The number of nitrogens with zero attached hydrogens (tertiary/aromatic N) is 2. The Hall–Kier alpha value is -2.92. The smallest absolute Gasteiger partial charge is 0.163 e. The molecule has 0 saturated heterocycles. The van der Waals surface area contributed by atoms with Gasteiger partial charge in [0.2, 0.25) is 0 Å². The molecule has 0 atom stereocenters. The van der Waals surface area contributed by atoms with Gasteiger partial charge in [-0.15, -0.1) is 11.3 Å². The molecule has 0 spiro atoms. The van der Waals surface area contributed by atoms with Gasteiger partial charge in [0.05, 0.1) is 11.0 Å². The van der Waals surface area contributed by atoms with Crippen molar-refractivity contribution in [1.82, 2.24) is 9.55 Å². The zero-order chi connectivity index (χ0) is 17.2. The molecule has 0 aliphatic heterocycles. The molecule has 0 saturated carbocycles. The van der Waals surface area contributed by atoms with Gasteiger partial charge < -0.3 is 4.74 Å². The number of hydrogen-bond acceptors (Lipinski definition) is 4. The lowest BCUT2D eigenvalue weighted by Crippen LogP contribution is -1.98. The van der Waals surface area contributed by atoms with Crippen molar-refractivity contribution < 1.29 is 9.53 Å². The second-order valence-corrected chi connectivity index (χ2v) is 6.81. The second-order valence-electron chi connectivity index (χ2n) is 5.75. The summed E-state index contributed by atoms with van der Waals surface area (Å²) < 4.78 is 7.91. The van der Waals surface area contributed by atoms with Gasteiger partial charge in [-0.3, -0.25) is 9.36 Å². The first-order valence-electron chi connectivity index (χ1n) is 7.95. The van der Waals surface area contributed by atoms with Gasteiger partial charge in [-0.25, -0.2) is 4.98 Å². The van der Waals surface area contributed by atoms with Crippen LogP contribution in [0, 0.1) is 6.92 Å². The van der Waals surface area contributed by atoms with E-state index in [9.17, 15) is 4.79 Å². The maximum absolute atomic E-state index is 11.5. The maximum atomic E-state index is 11.5. The van der Waals surface area contributed by atoms with Crippen molar-refractivity contribution in [3.05, 3.63) is 76.9 Å². The van der Waals surface area contributed by atoms with Crippen LogP contribution in [0.25, 0.3) is 16.0 Å². The molecule has 0 bridgehead atoms. The highest BCUT2D eigenvalue weighted by atomic mass is 32.1. The number of fused-ring (bicyclic) bond motifs is 1. The summed E-state index contributed by atoms with van der Waals surface area (Å²) >= 11 is 1.40. The molecule has 4 nitrogen and oxygen atoms in total. The minimum atomic E-state index is 0.439. The van der Waals surface area contributed by atoms with Crippen molar-refractivity contribution in [3.8, 4) is 10.8 Å². The van der Waals surface area contributed by atoms with Crippen LogP contribution in [0.2, 0.25) is 0 Å². The molecule has 0 aliphatic carbocycles. The number of aryl methyl sites for hydroxylation is 1. The fourth-order valence-electron chi connectivity index (χ4n) is 2.75. The Morgan fingerprint density at radius 1 is 1.16 bits per heavy atom. The molecule has 0 unspecified atom stereocenters. The molecule has 4 rings (SSSR count). The number of para-hydroxylation sites is 2. The molecule has 0 amide bonds. The number of thiophene rings is 1. The predicted molar refractivity (Wildman–Crippen MR) is 99.8 cm³/mol. The fraction of sp³-hybridized carbons (Fsp3) is 0.100. The Balaban J connectivity index is 1.66. The van der Waals surface area contributed by atoms with Crippen LogP contribution in [0.4, 0.5) is 0 Å². The zero-order valence-electron chi connectivity index (χ0n) is 13.7. The third-order valence-electron chi connectivity index (χ3n) is 4.15. The highest BCUT2D eigenvalue weighted by molar-refractivity contribution is 7.16. The summed E-state index contributed by atoms with van der Waals surface area (Å²) in [5, 5.41) is 0.913. The van der Waals surface area contributed by atoms with E-state index in [0.717, 1.165) is 27.9 Å². The predicted octanol–water partition coefficient (Wildman–Crippen LogP) is 4.79. The fourth-order valence-corrected chi connectivity index (χ4v) is 3.65. The number of hydrogen-bond donors (Lipinski definition) is 0. The third kappa shape index (κ3) is 2.94. The summed E-state index contributed by atoms with van der Waals surface area (Å²) in [6.07, 6.45) is 2.62. The van der Waals surface area contributed by atoms with E-state index in [1.807, 2.05) is 53.1 Å². The number of imidazole rings is 1. The first-order valence-corrected chi connectivity index (χ1v) is 8.76. The van der Waals surface area contributed by atoms with Gasteiger partial charge in [-0.2, -0.15) is 0 Å².